The molecule has 2 aromatic carbocycles. The molecule has 5 rings (SSSR count). The summed E-state index contributed by atoms with van der Waals surface area (Å²) in [6.07, 6.45) is 4.30. The number of halogens is 1. The minimum Gasteiger partial charge on any atom is -0.494 e. The van der Waals surface area contributed by atoms with Gasteiger partial charge in [-0.15, -0.1) is 5.10 Å². The van der Waals surface area contributed by atoms with Crippen molar-refractivity contribution in [3.63, 3.8) is 0 Å². The lowest BCUT2D eigenvalue weighted by Gasteiger charge is -2.34. The zero-order valence-electron chi connectivity index (χ0n) is 22.4. The van der Waals surface area contributed by atoms with Crippen molar-refractivity contribution in [1.82, 2.24) is 20.2 Å². The van der Waals surface area contributed by atoms with Gasteiger partial charge in [0.2, 0.25) is 0 Å². The van der Waals surface area contributed by atoms with Crippen molar-refractivity contribution >= 4 is 17.3 Å². The summed E-state index contributed by atoms with van der Waals surface area (Å²) in [6, 6.07) is 12.9. The Bertz CT molecular complexity index is 1220. The highest BCUT2D eigenvalue weighted by Crippen LogP contribution is 2.35. The molecule has 3 aromatic rings. The molecule has 0 bridgehead atoms. The lowest BCUT2D eigenvalue weighted by atomic mass is 10.1. The SMILES string of the molecule is CCOC(=O)C[C@H]1C[C@@H](n2cnnn2)CN1c1ccc(OC2CCN(c3cc(OCC)ccc3F)CC2)cc1. The third-order valence-electron chi connectivity index (χ3n) is 7.32. The van der Waals surface area contributed by atoms with E-state index in [1.54, 1.807) is 23.1 Å². The van der Waals surface area contributed by atoms with Crippen LogP contribution in [0.5, 0.6) is 11.5 Å². The van der Waals surface area contributed by atoms with Crippen LogP contribution in [0.25, 0.3) is 0 Å². The van der Waals surface area contributed by atoms with Crippen LogP contribution in [0.3, 0.4) is 0 Å². The molecule has 2 aliphatic rings. The molecule has 2 fully saturated rings. The molecule has 39 heavy (non-hydrogen) atoms. The summed E-state index contributed by atoms with van der Waals surface area (Å²) < 4.78 is 33.3. The Hall–Kier alpha value is -3.89. The standard InChI is InChI=1S/C28H35FN6O4/c1-3-37-25-9-10-26(29)27(17-25)33-13-11-24(12-14-33)39-23-7-5-20(6-8-23)34-18-22(35-19-30-31-32-35)15-21(34)16-28(36)38-4-2/h5-10,17,19,21-22,24H,3-4,11-16,18H2,1-2H3/t21-,22-/m1/s1. The summed E-state index contributed by atoms with van der Waals surface area (Å²) in [5, 5.41) is 11.6. The Morgan fingerprint density at radius 3 is 2.51 bits per heavy atom. The van der Waals surface area contributed by atoms with E-state index in [0.717, 1.165) is 30.7 Å². The lowest BCUT2D eigenvalue weighted by molar-refractivity contribution is -0.143. The highest BCUT2D eigenvalue weighted by molar-refractivity contribution is 5.71. The monoisotopic (exact) mass is 538 g/mol. The molecule has 0 unspecified atom stereocenters. The number of nitrogens with zero attached hydrogens (tertiary/aromatic N) is 6. The summed E-state index contributed by atoms with van der Waals surface area (Å²) in [5.74, 6) is 1.03. The number of ether oxygens (including phenoxy) is 3. The number of anilines is 2. The highest BCUT2D eigenvalue weighted by Gasteiger charge is 2.35. The third kappa shape index (κ3) is 6.40. The van der Waals surface area contributed by atoms with Crippen molar-refractivity contribution in [2.75, 3.05) is 42.6 Å². The second-order valence-electron chi connectivity index (χ2n) is 9.84. The average Bonchev–Trinajstić information content (AvgIpc) is 3.62. The number of piperidine rings is 1. The van der Waals surface area contributed by atoms with Gasteiger partial charge in [0, 0.05) is 50.3 Å². The minimum atomic E-state index is -0.237. The molecule has 0 spiro atoms. The summed E-state index contributed by atoms with van der Waals surface area (Å²) in [6.45, 7) is 6.74. The summed E-state index contributed by atoms with van der Waals surface area (Å²) in [5.41, 5.74) is 1.58. The van der Waals surface area contributed by atoms with E-state index in [1.165, 1.54) is 6.07 Å². The lowest BCUT2D eigenvalue weighted by Crippen LogP contribution is -2.38. The van der Waals surface area contributed by atoms with Crippen molar-refractivity contribution < 1.29 is 23.4 Å². The van der Waals surface area contributed by atoms with Crippen LogP contribution < -0.4 is 19.3 Å². The van der Waals surface area contributed by atoms with Gasteiger partial charge in [-0.25, -0.2) is 9.07 Å². The normalized spacial score (nSPS) is 19.8. The summed E-state index contributed by atoms with van der Waals surface area (Å²) >= 11 is 0. The van der Waals surface area contributed by atoms with Crippen molar-refractivity contribution in [1.29, 1.82) is 0 Å². The predicted octanol–water partition coefficient (Wildman–Crippen LogP) is 4.03. The fourth-order valence-electron chi connectivity index (χ4n) is 5.46. The van der Waals surface area contributed by atoms with Crippen LogP contribution in [0.1, 0.15) is 45.6 Å². The number of carbonyl (C=O) groups excluding carboxylic acids is 1. The maximum Gasteiger partial charge on any atom is 0.307 e. The number of benzene rings is 2. The van der Waals surface area contributed by atoms with Crippen molar-refractivity contribution in [2.24, 2.45) is 0 Å². The minimum absolute atomic E-state index is 0.0176. The zero-order chi connectivity index (χ0) is 27.2. The van der Waals surface area contributed by atoms with E-state index in [2.05, 4.69) is 25.3 Å². The Morgan fingerprint density at radius 2 is 1.82 bits per heavy atom. The molecule has 1 aromatic heterocycles. The Labute approximate surface area is 227 Å². The van der Waals surface area contributed by atoms with Crippen LogP contribution >= 0.6 is 0 Å². The fraction of sp³-hybridized carbons (Fsp3) is 0.500. The fourth-order valence-corrected chi connectivity index (χ4v) is 5.46. The molecule has 2 saturated heterocycles. The highest BCUT2D eigenvalue weighted by atomic mass is 19.1. The van der Waals surface area contributed by atoms with E-state index in [0.29, 0.717) is 50.7 Å². The van der Waals surface area contributed by atoms with Gasteiger partial charge in [0.05, 0.1) is 31.4 Å². The number of hydrogen-bond donors (Lipinski definition) is 0. The molecule has 0 aliphatic carbocycles. The molecule has 3 heterocycles. The molecule has 0 radical (unpaired) electrons. The molecular formula is C28H35FN6O4. The molecule has 11 heteroatoms. The van der Waals surface area contributed by atoms with E-state index in [4.69, 9.17) is 14.2 Å². The number of aromatic nitrogens is 4. The average molecular weight is 539 g/mol. The van der Waals surface area contributed by atoms with Crippen LogP contribution in [0.4, 0.5) is 15.8 Å². The smallest absolute Gasteiger partial charge is 0.307 e. The van der Waals surface area contributed by atoms with Gasteiger partial charge in [-0.1, -0.05) is 0 Å². The van der Waals surface area contributed by atoms with Gasteiger partial charge in [0.15, 0.2) is 0 Å². The van der Waals surface area contributed by atoms with Gasteiger partial charge in [-0.3, -0.25) is 4.79 Å². The first-order chi connectivity index (χ1) is 19.0. The van der Waals surface area contributed by atoms with E-state index in [1.807, 2.05) is 38.1 Å². The molecule has 2 atom stereocenters. The molecule has 208 valence electrons. The van der Waals surface area contributed by atoms with Crippen molar-refractivity contribution in [3.05, 3.63) is 54.6 Å². The van der Waals surface area contributed by atoms with Gasteiger partial charge in [0.25, 0.3) is 0 Å². The molecule has 10 nitrogen and oxygen atoms in total. The second kappa shape index (κ2) is 12.3. The van der Waals surface area contributed by atoms with Crippen LogP contribution in [-0.2, 0) is 9.53 Å². The maximum absolute atomic E-state index is 14.5. The quantitative estimate of drug-likeness (QED) is 0.355. The van der Waals surface area contributed by atoms with Crippen molar-refractivity contribution in [2.45, 2.75) is 57.7 Å². The van der Waals surface area contributed by atoms with Crippen LogP contribution in [0, 0.1) is 5.82 Å². The van der Waals surface area contributed by atoms with Crippen LogP contribution in [0.15, 0.2) is 48.8 Å². The second-order valence-corrected chi connectivity index (χ2v) is 9.84. The van der Waals surface area contributed by atoms with Crippen LogP contribution in [-0.4, -0.2) is 71.2 Å². The predicted molar refractivity (Wildman–Crippen MR) is 144 cm³/mol. The number of esters is 1. The van der Waals surface area contributed by atoms with Gasteiger partial charge in [-0.2, -0.15) is 0 Å². The molecular weight excluding hydrogens is 503 g/mol. The molecule has 0 amide bonds. The first-order valence-corrected chi connectivity index (χ1v) is 13.6. The van der Waals surface area contributed by atoms with E-state index in [9.17, 15) is 9.18 Å². The topological polar surface area (TPSA) is 94.8 Å². The number of carbonyl (C=O) groups is 1. The molecule has 0 saturated carbocycles. The van der Waals surface area contributed by atoms with Gasteiger partial charge >= 0.3 is 5.97 Å². The van der Waals surface area contributed by atoms with E-state index < -0.39 is 0 Å². The van der Waals surface area contributed by atoms with E-state index in [-0.39, 0.29) is 30.0 Å². The molecule has 2 aliphatic heterocycles. The van der Waals surface area contributed by atoms with Crippen LogP contribution in [0.2, 0.25) is 0 Å². The van der Waals surface area contributed by atoms with Crippen molar-refractivity contribution in [3.8, 4) is 11.5 Å². The summed E-state index contributed by atoms with van der Waals surface area (Å²) in [4.78, 5) is 16.5. The number of tetrazole rings is 1. The van der Waals surface area contributed by atoms with Gasteiger partial charge in [0.1, 0.15) is 29.7 Å². The number of hydrogen-bond acceptors (Lipinski definition) is 9. The zero-order valence-corrected chi connectivity index (χ0v) is 22.4. The first-order valence-electron chi connectivity index (χ1n) is 13.6. The van der Waals surface area contributed by atoms with Gasteiger partial charge in [-0.05, 0) is 67.1 Å². The Kier molecular flexibility index (Phi) is 8.43. The first kappa shape index (κ1) is 26.7. The van der Waals surface area contributed by atoms with E-state index >= 15 is 0 Å². The Morgan fingerprint density at radius 1 is 1.05 bits per heavy atom. The number of rotatable bonds is 10. The third-order valence-corrected chi connectivity index (χ3v) is 7.32. The largest absolute Gasteiger partial charge is 0.494 e. The maximum atomic E-state index is 14.5. The Balaban J connectivity index is 1.19. The molecule has 0 N–H and O–H groups in total. The van der Waals surface area contributed by atoms with Gasteiger partial charge < -0.3 is 24.0 Å². The summed E-state index contributed by atoms with van der Waals surface area (Å²) in [7, 11) is 0.